The lowest BCUT2D eigenvalue weighted by atomic mass is 9.93. The molecule has 1 aliphatic carbocycles. The van der Waals surface area contributed by atoms with Crippen molar-refractivity contribution < 1.29 is 18.7 Å². The Morgan fingerprint density at radius 1 is 1.19 bits per heavy atom. The number of hydrogen-bond acceptors (Lipinski definition) is 7. The number of nitrogens with zero attached hydrogens (tertiary/aromatic N) is 3. The summed E-state index contributed by atoms with van der Waals surface area (Å²) in [6, 6.07) is 4.24. The molecule has 0 bridgehead atoms. The molecule has 11 heteroatoms. The van der Waals surface area contributed by atoms with Gasteiger partial charge < -0.3 is 30.7 Å². The monoisotopic (exact) mass is 427 g/mol. The molecule has 5 rings (SSSR count). The fraction of sp³-hybridized carbons (Fsp3) is 0.350. The number of rotatable bonds is 5. The van der Waals surface area contributed by atoms with Crippen LogP contribution in [0, 0.1) is 5.82 Å². The van der Waals surface area contributed by atoms with Crippen molar-refractivity contribution in [1.82, 2.24) is 19.9 Å². The van der Waals surface area contributed by atoms with E-state index in [9.17, 15) is 9.18 Å². The molecule has 2 amide bonds. The summed E-state index contributed by atoms with van der Waals surface area (Å²) in [6.07, 6.45) is 4.64. The predicted molar refractivity (Wildman–Crippen MR) is 113 cm³/mol. The zero-order chi connectivity index (χ0) is 21.4. The van der Waals surface area contributed by atoms with Crippen LogP contribution in [-0.4, -0.2) is 46.9 Å². The van der Waals surface area contributed by atoms with Gasteiger partial charge in [0.15, 0.2) is 17.1 Å². The highest BCUT2D eigenvalue weighted by Gasteiger charge is 2.22. The molecule has 3 aromatic rings. The maximum Gasteiger partial charge on any atom is 0.319 e. The fourth-order valence-electron chi connectivity index (χ4n) is 3.54. The largest absolute Gasteiger partial charge is 0.486 e. The summed E-state index contributed by atoms with van der Waals surface area (Å²) >= 11 is 0. The predicted octanol–water partition coefficient (Wildman–Crippen LogP) is 3.10. The SMILES string of the molecule is CNc1cc(Nc2cc(F)cc3c2OCCO3)nc2c(NC(=O)NC3CCC3)cnn12. The Kier molecular flexibility index (Phi) is 4.85. The topological polar surface area (TPSA) is 114 Å². The zero-order valence-corrected chi connectivity index (χ0v) is 16.9. The first-order chi connectivity index (χ1) is 15.1. The van der Waals surface area contributed by atoms with E-state index in [-0.39, 0.29) is 12.1 Å². The number of fused-ring (bicyclic) bond motifs is 2. The maximum atomic E-state index is 14.1. The molecule has 0 atom stereocenters. The summed E-state index contributed by atoms with van der Waals surface area (Å²) in [5.41, 5.74) is 1.28. The van der Waals surface area contributed by atoms with E-state index in [1.165, 1.54) is 18.3 Å². The van der Waals surface area contributed by atoms with Gasteiger partial charge in [0.05, 0.1) is 11.9 Å². The van der Waals surface area contributed by atoms with E-state index in [0.717, 1.165) is 19.3 Å². The van der Waals surface area contributed by atoms with Crippen LogP contribution in [-0.2, 0) is 0 Å². The second-order valence-corrected chi connectivity index (χ2v) is 7.40. The summed E-state index contributed by atoms with van der Waals surface area (Å²) in [4.78, 5) is 16.9. The minimum Gasteiger partial charge on any atom is -0.486 e. The Labute approximate surface area is 177 Å². The van der Waals surface area contributed by atoms with Crippen LogP contribution < -0.4 is 30.7 Å². The van der Waals surface area contributed by atoms with Crippen molar-refractivity contribution >= 4 is 34.7 Å². The zero-order valence-electron chi connectivity index (χ0n) is 16.9. The van der Waals surface area contributed by atoms with Crippen LogP contribution >= 0.6 is 0 Å². The summed E-state index contributed by atoms with van der Waals surface area (Å²) in [7, 11) is 1.75. The first kappa shape index (κ1) is 19.2. The van der Waals surface area contributed by atoms with Crippen molar-refractivity contribution in [3.63, 3.8) is 0 Å². The number of carbonyl (C=O) groups excluding carboxylic acids is 1. The van der Waals surface area contributed by atoms with E-state index in [1.54, 1.807) is 17.6 Å². The Balaban J connectivity index is 1.47. The second-order valence-electron chi connectivity index (χ2n) is 7.40. The third kappa shape index (κ3) is 3.74. The number of benzene rings is 1. The average molecular weight is 427 g/mol. The Morgan fingerprint density at radius 3 is 2.81 bits per heavy atom. The molecule has 10 nitrogen and oxygen atoms in total. The Morgan fingerprint density at radius 2 is 2.03 bits per heavy atom. The molecule has 4 N–H and O–H groups in total. The van der Waals surface area contributed by atoms with Gasteiger partial charge in [-0.3, -0.25) is 0 Å². The minimum absolute atomic E-state index is 0.210. The lowest BCUT2D eigenvalue weighted by molar-refractivity contribution is 0.172. The number of amides is 2. The number of urea groups is 1. The van der Waals surface area contributed by atoms with E-state index in [1.807, 2.05) is 0 Å². The number of nitrogens with one attached hydrogen (secondary N) is 4. The molecule has 31 heavy (non-hydrogen) atoms. The molecule has 1 aromatic carbocycles. The number of halogens is 1. The molecule has 162 valence electrons. The van der Waals surface area contributed by atoms with Gasteiger partial charge in [-0.15, -0.1) is 0 Å². The fourth-order valence-corrected chi connectivity index (χ4v) is 3.54. The van der Waals surface area contributed by atoms with Gasteiger partial charge >= 0.3 is 6.03 Å². The summed E-state index contributed by atoms with van der Waals surface area (Å²) in [5, 5.41) is 16.2. The van der Waals surface area contributed by atoms with Gasteiger partial charge in [0.2, 0.25) is 0 Å². The van der Waals surface area contributed by atoms with E-state index in [0.29, 0.717) is 53.4 Å². The highest BCUT2D eigenvalue weighted by atomic mass is 19.1. The molecule has 1 fully saturated rings. The highest BCUT2D eigenvalue weighted by molar-refractivity contribution is 5.93. The van der Waals surface area contributed by atoms with Crippen LogP contribution in [0.15, 0.2) is 24.4 Å². The standard InChI is InChI=1S/C20H22FN7O3/c1-22-17-9-16(25-13-7-11(21)8-15-18(13)31-6-5-30-15)27-19-14(10-23-28(17)19)26-20(29)24-12-3-2-4-12/h7-10,12,22H,2-6H2,1H3,(H,25,27)(H2,24,26,29). The second kappa shape index (κ2) is 7.82. The van der Waals surface area contributed by atoms with Crippen LogP contribution in [0.2, 0.25) is 0 Å². The third-order valence-electron chi connectivity index (χ3n) is 5.29. The van der Waals surface area contributed by atoms with E-state index in [4.69, 9.17) is 9.47 Å². The molecule has 1 saturated carbocycles. The van der Waals surface area contributed by atoms with Gasteiger partial charge in [-0.05, 0) is 19.3 Å². The van der Waals surface area contributed by atoms with Crippen molar-refractivity contribution in [3.05, 3.63) is 30.2 Å². The Hall–Kier alpha value is -3.76. The van der Waals surface area contributed by atoms with Crippen molar-refractivity contribution in [3.8, 4) is 11.5 Å². The normalized spacial score (nSPS) is 15.3. The average Bonchev–Trinajstić information content (AvgIpc) is 3.12. The molecule has 0 saturated heterocycles. The van der Waals surface area contributed by atoms with Crippen molar-refractivity contribution in [2.45, 2.75) is 25.3 Å². The van der Waals surface area contributed by atoms with Crippen LogP contribution in [0.5, 0.6) is 11.5 Å². The van der Waals surface area contributed by atoms with E-state index >= 15 is 0 Å². The lowest BCUT2D eigenvalue weighted by Gasteiger charge is -2.26. The smallest absolute Gasteiger partial charge is 0.319 e. The molecule has 1 aliphatic heterocycles. The lowest BCUT2D eigenvalue weighted by Crippen LogP contribution is -2.41. The van der Waals surface area contributed by atoms with Crippen LogP contribution in [0.4, 0.5) is 32.2 Å². The molecule has 0 unspecified atom stereocenters. The van der Waals surface area contributed by atoms with Gasteiger partial charge in [0, 0.05) is 31.3 Å². The molecule has 2 aliphatic rings. The summed E-state index contributed by atoms with van der Waals surface area (Å²) in [6.45, 7) is 0.728. The Bertz CT molecular complexity index is 1150. The highest BCUT2D eigenvalue weighted by Crippen LogP contribution is 2.40. The van der Waals surface area contributed by atoms with Gasteiger partial charge in [-0.2, -0.15) is 9.61 Å². The van der Waals surface area contributed by atoms with Crippen LogP contribution in [0.25, 0.3) is 5.65 Å². The first-order valence-electron chi connectivity index (χ1n) is 10.1. The summed E-state index contributed by atoms with van der Waals surface area (Å²) in [5.74, 6) is 1.35. The molecular formula is C20H22FN7O3. The number of aromatic nitrogens is 3. The van der Waals surface area contributed by atoms with Gasteiger partial charge in [0.1, 0.15) is 36.4 Å². The quantitative estimate of drug-likeness (QED) is 0.495. The van der Waals surface area contributed by atoms with Crippen molar-refractivity contribution in [1.29, 1.82) is 0 Å². The number of hydrogen-bond donors (Lipinski definition) is 4. The maximum absolute atomic E-state index is 14.1. The van der Waals surface area contributed by atoms with Crippen molar-refractivity contribution in [2.24, 2.45) is 0 Å². The van der Waals surface area contributed by atoms with Crippen LogP contribution in [0.1, 0.15) is 19.3 Å². The molecule has 0 spiro atoms. The number of ether oxygens (including phenoxy) is 2. The van der Waals surface area contributed by atoms with Crippen molar-refractivity contribution in [2.75, 3.05) is 36.2 Å². The van der Waals surface area contributed by atoms with E-state index in [2.05, 4.69) is 31.3 Å². The number of carbonyl (C=O) groups is 1. The molecule has 0 radical (unpaired) electrons. The third-order valence-corrected chi connectivity index (χ3v) is 5.29. The molecule has 3 heterocycles. The van der Waals surface area contributed by atoms with Gasteiger partial charge in [0.25, 0.3) is 0 Å². The minimum atomic E-state index is -0.457. The number of anilines is 4. The molecular weight excluding hydrogens is 405 g/mol. The summed E-state index contributed by atoms with van der Waals surface area (Å²) < 4.78 is 26.8. The van der Waals surface area contributed by atoms with Gasteiger partial charge in [-0.1, -0.05) is 0 Å². The molecule has 2 aromatic heterocycles. The van der Waals surface area contributed by atoms with Crippen LogP contribution in [0.3, 0.4) is 0 Å². The first-order valence-corrected chi connectivity index (χ1v) is 10.1. The van der Waals surface area contributed by atoms with Gasteiger partial charge in [-0.25, -0.2) is 14.2 Å². The van der Waals surface area contributed by atoms with E-state index < -0.39 is 5.82 Å².